The van der Waals surface area contributed by atoms with Crippen molar-refractivity contribution in [2.45, 2.75) is 6.42 Å². The van der Waals surface area contributed by atoms with Crippen LogP contribution in [-0.2, 0) is 0 Å². The molecule has 1 heterocycles. The highest BCUT2D eigenvalue weighted by atomic mass is 79.9. The van der Waals surface area contributed by atoms with Crippen LogP contribution in [-0.4, -0.2) is 16.5 Å². The Morgan fingerprint density at radius 3 is 2.68 bits per heavy atom. The van der Waals surface area contributed by atoms with Gasteiger partial charge in [0.15, 0.2) is 5.82 Å². The molecule has 0 N–H and O–H groups in total. The number of aromatic nitrogens is 2. The minimum absolute atomic E-state index is 0.350. The van der Waals surface area contributed by atoms with Crippen molar-refractivity contribution in [1.82, 2.24) is 9.97 Å². The number of nitriles is 1. The second-order valence-corrected chi connectivity index (χ2v) is 4.85. The first kappa shape index (κ1) is 13.8. The Hall–Kier alpha value is -1.64. The number of benzene rings is 1. The average molecular weight is 338 g/mol. The van der Waals surface area contributed by atoms with E-state index < -0.39 is 0 Å². The summed E-state index contributed by atoms with van der Waals surface area (Å²) < 4.78 is 0.624. The average Bonchev–Trinajstić information content (AvgIpc) is 2.45. The normalized spacial score (nSPS) is 9.95. The van der Waals surface area contributed by atoms with Crippen LogP contribution in [0.4, 0.5) is 11.5 Å². The third-order valence-corrected chi connectivity index (χ3v) is 3.74. The minimum Gasteiger partial charge on any atom is -0.324 e. The largest absolute Gasteiger partial charge is 0.324 e. The third kappa shape index (κ3) is 3.22. The minimum atomic E-state index is 0.350. The van der Waals surface area contributed by atoms with Crippen LogP contribution in [0, 0.1) is 11.3 Å². The molecule has 1 aromatic heterocycles. The Labute approximate surface area is 124 Å². The first-order valence-corrected chi connectivity index (χ1v) is 6.76. The summed E-state index contributed by atoms with van der Waals surface area (Å²) in [4.78, 5) is 10.1. The Kier molecular flexibility index (Phi) is 4.72. The summed E-state index contributed by atoms with van der Waals surface area (Å²) in [5.41, 5.74) is 0.952. The van der Waals surface area contributed by atoms with Crippen LogP contribution in [0.15, 0.2) is 41.1 Å². The molecule has 0 fully saturated rings. The van der Waals surface area contributed by atoms with Crippen molar-refractivity contribution in [3.63, 3.8) is 0 Å². The number of halogens is 2. The molecule has 1 aromatic carbocycles. The monoisotopic (exact) mass is 336 g/mol. The molecule has 0 unspecified atom stereocenters. The van der Waals surface area contributed by atoms with Gasteiger partial charge in [-0.1, -0.05) is 29.8 Å². The fraction of sp³-hybridized carbons (Fsp3) is 0.154. The first-order valence-electron chi connectivity index (χ1n) is 5.59. The lowest BCUT2D eigenvalue weighted by Gasteiger charge is -2.23. The molecule has 2 rings (SSSR count). The van der Waals surface area contributed by atoms with E-state index >= 15 is 0 Å². The van der Waals surface area contributed by atoms with E-state index in [0.29, 0.717) is 28.4 Å². The third-order valence-electron chi connectivity index (χ3n) is 2.50. The standard InChI is InChI=1S/C13H10BrClN4/c14-11-12(15)17-9-18-13(11)19(8-4-7-16)10-5-2-1-3-6-10/h1-3,5-6,9H,4,8H2. The molecule has 4 nitrogen and oxygen atoms in total. The topological polar surface area (TPSA) is 52.8 Å². The molecule has 0 saturated heterocycles. The van der Waals surface area contributed by atoms with E-state index in [1.807, 2.05) is 35.2 Å². The second-order valence-electron chi connectivity index (χ2n) is 3.70. The van der Waals surface area contributed by atoms with E-state index in [0.717, 1.165) is 5.69 Å². The molecule has 19 heavy (non-hydrogen) atoms. The van der Waals surface area contributed by atoms with Gasteiger partial charge in [-0.25, -0.2) is 9.97 Å². The Balaban J connectivity index is 2.44. The molecule has 0 radical (unpaired) electrons. The molecule has 0 aliphatic rings. The van der Waals surface area contributed by atoms with E-state index in [-0.39, 0.29) is 0 Å². The van der Waals surface area contributed by atoms with Crippen LogP contribution >= 0.6 is 27.5 Å². The Bertz CT molecular complexity index is 597. The number of hydrogen-bond donors (Lipinski definition) is 0. The predicted octanol–water partition coefficient (Wildman–Crippen LogP) is 3.94. The van der Waals surface area contributed by atoms with Crippen LogP contribution in [0.3, 0.4) is 0 Å². The molecule has 0 aliphatic heterocycles. The molecule has 0 saturated carbocycles. The summed E-state index contributed by atoms with van der Waals surface area (Å²) in [6.45, 7) is 0.534. The van der Waals surface area contributed by atoms with Crippen molar-refractivity contribution >= 4 is 39.0 Å². The van der Waals surface area contributed by atoms with E-state index in [2.05, 4.69) is 32.0 Å². The van der Waals surface area contributed by atoms with Crippen LogP contribution in [0.5, 0.6) is 0 Å². The van der Waals surface area contributed by atoms with Crippen molar-refractivity contribution in [3.8, 4) is 6.07 Å². The molecule has 96 valence electrons. The highest BCUT2D eigenvalue weighted by Crippen LogP contribution is 2.33. The SMILES string of the molecule is N#CCCN(c1ccccc1)c1ncnc(Cl)c1Br. The first-order chi connectivity index (χ1) is 9.24. The maximum atomic E-state index is 8.79. The zero-order valence-electron chi connectivity index (χ0n) is 9.92. The van der Waals surface area contributed by atoms with Crippen molar-refractivity contribution < 1.29 is 0 Å². The molecule has 0 aliphatic carbocycles. The fourth-order valence-electron chi connectivity index (χ4n) is 1.66. The maximum absolute atomic E-state index is 8.79. The van der Waals surface area contributed by atoms with Gasteiger partial charge in [0.1, 0.15) is 11.5 Å². The molecule has 0 atom stereocenters. The van der Waals surface area contributed by atoms with Crippen molar-refractivity contribution in [3.05, 3.63) is 46.3 Å². The quantitative estimate of drug-likeness (QED) is 0.793. The highest BCUT2D eigenvalue weighted by Gasteiger charge is 2.16. The van der Waals surface area contributed by atoms with Gasteiger partial charge in [-0.2, -0.15) is 5.26 Å². The van der Waals surface area contributed by atoms with Gasteiger partial charge in [0, 0.05) is 12.2 Å². The predicted molar refractivity (Wildman–Crippen MR) is 78.4 cm³/mol. The van der Waals surface area contributed by atoms with Crippen LogP contribution in [0.2, 0.25) is 5.15 Å². The fourth-order valence-corrected chi connectivity index (χ4v) is 2.20. The molecular formula is C13H10BrClN4. The lowest BCUT2D eigenvalue weighted by Crippen LogP contribution is -2.20. The molecule has 6 heteroatoms. The second kappa shape index (κ2) is 6.50. The lowest BCUT2D eigenvalue weighted by atomic mass is 10.2. The van der Waals surface area contributed by atoms with Crippen molar-refractivity contribution in [2.75, 3.05) is 11.4 Å². The van der Waals surface area contributed by atoms with E-state index in [1.54, 1.807) is 0 Å². The smallest absolute Gasteiger partial charge is 0.152 e. The zero-order chi connectivity index (χ0) is 13.7. The maximum Gasteiger partial charge on any atom is 0.152 e. The Morgan fingerprint density at radius 1 is 1.26 bits per heavy atom. The van der Waals surface area contributed by atoms with Gasteiger partial charge in [-0.05, 0) is 28.1 Å². The molecule has 0 bridgehead atoms. The van der Waals surface area contributed by atoms with Crippen LogP contribution in [0.1, 0.15) is 6.42 Å². The number of hydrogen-bond acceptors (Lipinski definition) is 4. The summed E-state index contributed by atoms with van der Waals surface area (Å²) in [6.07, 6.45) is 1.80. The highest BCUT2D eigenvalue weighted by molar-refractivity contribution is 9.10. The molecule has 0 amide bonds. The van der Waals surface area contributed by atoms with Gasteiger partial charge in [-0.15, -0.1) is 0 Å². The Morgan fingerprint density at radius 2 is 2.00 bits per heavy atom. The van der Waals surface area contributed by atoms with Gasteiger partial charge in [0.2, 0.25) is 0 Å². The van der Waals surface area contributed by atoms with E-state index in [1.165, 1.54) is 6.33 Å². The van der Waals surface area contributed by atoms with Crippen molar-refractivity contribution in [1.29, 1.82) is 5.26 Å². The molecular weight excluding hydrogens is 328 g/mol. The number of rotatable bonds is 4. The summed E-state index contributed by atoms with van der Waals surface area (Å²) in [5.74, 6) is 0.654. The van der Waals surface area contributed by atoms with Gasteiger partial charge in [0.05, 0.1) is 17.0 Å². The van der Waals surface area contributed by atoms with Gasteiger partial charge in [0.25, 0.3) is 0 Å². The van der Waals surface area contributed by atoms with Gasteiger partial charge in [-0.3, -0.25) is 0 Å². The zero-order valence-corrected chi connectivity index (χ0v) is 12.3. The van der Waals surface area contributed by atoms with Crippen LogP contribution in [0.25, 0.3) is 0 Å². The molecule has 0 spiro atoms. The summed E-state index contributed by atoms with van der Waals surface area (Å²) in [6, 6.07) is 11.9. The van der Waals surface area contributed by atoms with Crippen molar-refractivity contribution in [2.24, 2.45) is 0 Å². The lowest BCUT2D eigenvalue weighted by molar-refractivity contribution is 0.915. The number of nitrogens with zero attached hydrogens (tertiary/aromatic N) is 4. The molecule has 2 aromatic rings. The summed E-state index contributed by atoms with van der Waals surface area (Å²) in [5, 5.41) is 9.14. The van der Waals surface area contributed by atoms with E-state index in [9.17, 15) is 0 Å². The number of anilines is 2. The summed E-state index contributed by atoms with van der Waals surface area (Å²) in [7, 11) is 0. The van der Waals surface area contributed by atoms with Gasteiger partial charge >= 0.3 is 0 Å². The summed E-state index contributed by atoms with van der Waals surface area (Å²) >= 11 is 9.38. The van der Waals surface area contributed by atoms with Gasteiger partial charge < -0.3 is 4.90 Å². The van der Waals surface area contributed by atoms with Crippen LogP contribution < -0.4 is 4.90 Å². The van der Waals surface area contributed by atoms with E-state index in [4.69, 9.17) is 16.9 Å². The number of para-hydroxylation sites is 1.